The van der Waals surface area contributed by atoms with Crippen molar-refractivity contribution in [3.8, 4) is 5.75 Å². The van der Waals surface area contributed by atoms with Gasteiger partial charge in [-0.3, -0.25) is 4.79 Å². The van der Waals surface area contributed by atoms with Gasteiger partial charge in [0.2, 0.25) is 5.91 Å². The zero-order chi connectivity index (χ0) is 20.6. The van der Waals surface area contributed by atoms with E-state index in [1.54, 1.807) is 14.0 Å². The van der Waals surface area contributed by atoms with E-state index in [4.69, 9.17) is 14.2 Å². The molecule has 0 radical (unpaired) electrons. The molecule has 152 valence electrons. The Morgan fingerprint density at radius 1 is 1.07 bits per heavy atom. The van der Waals surface area contributed by atoms with Gasteiger partial charge in [0.1, 0.15) is 19.0 Å². The van der Waals surface area contributed by atoms with Crippen LogP contribution in [0.1, 0.15) is 30.4 Å². The van der Waals surface area contributed by atoms with Gasteiger partial charge in [0.25, 0.3) is 0 Å². The highest BCUT2D eigenvalue weighted by Crippen LogP contribution is 2.38. The fourth-order valence-electron chi connectivity index (χ4n) is 3.37. The number of hydrogen-bond acceptors (Lipinski definition) is 5. The van der Waals surface area contributed by atoms with Crippen LogP contribution in [-0.4, -0.2) is 32.2 Å². The number of rotatable bonds is 8. The molecule has 2 aromatic carbocycles. The van der Waals surface area contributed by atoms with Gasteiger partial charge in [-0.15, -0.1) is 0 Å². The molecular formula is C23H25NO5. The number of carbonyl (C=O) groups is 2. The second kappa shape index (κ2) is 9.89. The van der Waals surface area contributed by atoms with Gasteiger partial charge in [-0.25, -0.2) is 4.79 Å². The SMILES string of the molecule is COCCOC(=O)C1=C(C)NC(=O)C[C@@H]1c1ccccc1OCc1ccccc1. The van der Waals surface area contributed by atoms with Gasteiger partial charge < -0.3 is 19.5 Å². The Kier molecular flexibility index (Phi) is 7.03. The van der Waals surface area contributed by atoms with Gasteiger partial charge in [-0.1, -0.05) is 48.5 Å². The molecule has 0 bridgehead atoms. The molecule has 29 heavy (non-hydrogen) atoms. The summed E-state index contributed by atoms with van der Waals surface area (Å²) in [6.07, 6.45) is 0.151. The van der Waals surface area contributed by atoms with Crippen molar-refractivity contribution in [3.05, 3.63) is 77.0 Å². The van der Waals surface area contributed by atoms with Gasteiger partial charge in [-0.05, 0) is 18.6 Å². The van der Waals surface area contributed by atoms with Crippen LogP contribution < -0.4 is 10.1 Å². The van der Waals surface area contributed by atoms with Gasteiger partial charge in [0.05, 0.1) is 12.2 Å². The highest BCUT2D eigenvalue weighted by Gasteiger charge is 2.34. The number of carbonyl (C=O) groups excluding carboxylic acids is 2. The Labute approximate surface area is 170 Å². The van der Waals surface area contributed by atoms with Crippen LogP contribution in [-0.2, 0) is 25.7 Å². The number of allylic oxidation sites excluding steroid dienone is 1. The molecule has 0 aromatic heterocycles. The highest BCUT2D eigenvalue weighted by molar-refractivity contribution is 5.96. The van der Waals surface area contributed by atoms with E-state index >= 15 is 0 Å². The third-order valence-corrected chi connectivity index (χ3v) is 4.74. The van der Waals surface area contributed by atoms with Crippen molar-refractivity contribution in [3.63, 3.8) is 0 Å². The minimum absolute atomic E-state index is 0.140. The molecule has 0 unspecified atom stereocenters. The van der Waals surface area contributed by atoms with E-state index in [2.05, 4.69) is 5.32 Å². The van der Waals surface area contributed by atoms with Crippen LogP contribution in [0.2, 0.25) is 0 Å². The quantitative estimate of drug-likeness (QED) is 0.548. The number of benzene rings is 2. The van der Waals surface area contributed by atoms with Gasteiger partial charge in [0, 0.05) is 30.7 Å². The number of ether oxygens (including phenoxy) is 3. The van der Waals surface area contributed by atoms with E-state index in [9.17, 15) is 9.59 Å². The fourth-order valence-corrected chi connectivity index (χ4v) is 3.37. The number of para-hydroxylation sites is 1. The third kappa shape index (κ3) is 5.23. The summed E-state index contributed by atoms with van der Waals surface area (Å²) in [6, 6.07) is 17.3. The minimum Gasteiger partial charge on any atom is -0.489 e. The van der Waals surface area contributed by atoms with Crippen molar-refractivity contribution in [2.24, 2.45) is 0 Å². The maximum absolute atomic E-state index is 12.7. The van der Waals surface area contributed by atoms with Crippen molar-refractivity contribution < 1.29 is 23.8 Å². The van der Waals surface area contributed by atoms with E-state index in [1.165, 1.54) is 0 Å². The molecule has 6 heteroatoms. The molecule has 0 saturated carbocycles. The molecule has 6 nitrogen and oxygen atoms in total. The van der Waals surface area contributed by atoms with Gasteiger partial charge in [0.15, 0.2) is 0 Å². The molecule has 0 fully saturated rings. The summed E-state index contributed by atoms with van der Waals surface area (Å²) in [5, 5.41) is 2.75. The zero-order valence-corrected chi connectivity index (χ0v) is 16.6. The molecule has 0 saturated heterocycles. The molecule has 1 aliphatic heterocycles. The summed E-state index contributed by atoms with van der Waals surface area (Å²) >= 11 is 0. The Morgan fingerprint density at radius 3 is 2.55 bits per heavy atom. The number of amides is 1. The summed E-state index contributed by atoms with van der Waals surface area (Å²) < 4.78 is 16.3. The van der Waals surface area contributed by atoms with Crippen LogP contribution in [0.4, 0.5) is 0 Å². The van der Waals surface area contributed by atoms with Crippen LogP contribution in [0, 0.1) is 0 Å². The van der Waals surface area contributed by atoms with Crippen molar-refractivity contribution in [1.82, 2.24) is 5.32 Å². The molecule has 1 aliphatic rings. The number of nitrogens with one attached hydrogen (secondary N) is 1. The van der Waals surface area contributed by atoms with Crippen LogP contribution in [0.5, 0.6) is 5.75 Å². The average Bonchev–Trinajstić information content (AvgIpc) is 2.72. The van der Waals surface area contributed by atoms with Crippen molar-refractivity contribution in [2.45, 2.75) is 25.9 Å². The average molecular weight is 395 g/mol. The molecule has 1 heterocycles. The summed E-state index contributed by atoms with van der Waals surface area (Å²) in [5.41, 5.74) is 2.77. The Bertz CT molecular complexity index is 891. The van der Waals surface area contributed by atoms with Crippen molar-refractivity contribution in [2.75, 3.05) is 20.3 Å². The van der Waals surface area contributed by atoms with Gasteiger partial charge in [-0.2, -0.15) is 0 Å². The lowest BCUT2D eigenvalue weighted by molar-refractivity contribution is -0.140. The second-order valence-corrected chi connectivity index (χ2v) is 6.78. The third-order valence-electron chi connectivity index (χ3n) is 4.74. The Balaban J connectivity index is 1.87. The van der Waals surface area contributed by atoms with Gasteiger partial charge >= 0.3 is 5.97 Å². The molecule has 1 amide bonds. The summed E-state index contributed by atoms with van der Waals surface area (Å²) in [7, 11) is 1.54. The van der Waals surface area contributed by atoms with Crippen LogP contribution in [0.15, 0.2) is 65.9 Å². The Hall–Kier alpha value is -3.12. The fraction of sp³-hybridized carbons (Fsp3) is 0.304. The largest absolute Gasteiger partial charge is 0.489 e. The molecular weight excluding hydrogens is 370 g/mol. The molecule has 0 spiro atoms. The molecule has 1 atom stereocenters. The normalized spacial score (nSPS) is 16.3. The van der Waals surface area contributed by atoms with E-state index in [0.717, 1.165) is 11.1 Å². The molecule has 3 rings (SSSR count). The lowest BCUT2D eigenvalue weighted by Gasteiger charge is -2.28. The number of hydrogen-bond donors (Lipinski definition) is 1. The number of esters is 1. The predicted molar refractivity (Wildman–Crippen MR) is 108 cm³/mol. The molecule has 0 aliphatic carbocycles. The van der Waals surface area contributed by atoms with E-state index in [1.807, 2.05) is 54.6 Å². The zero-order valence-electron chi connectivity index (χ0n) is 16.6. The molecule has 2 aromatic rings. The maximum atomic E-state index is 12.7. The minimum atomic E-state index is -0.456. The summed E-state index contributed by atoms with van der Waals surface area (Å²) in [5.74, 6) is -0.391. The molecule has 1 N–H and O–H groups in total. The Morgan fingerprint density at radius 2 is 1.79 bits per heavy atom. The smallest absolute Gasteiger partial charge is 0.336 e. The van der Waals surface area contributed by atoms with Crippen molar-refractivity contribution in [1.29, 1.82) is 0 Å². The van der Waals surface area contributed by atoms with E-state index in [0.29, 0.717) is 30.2 Å². The predicted octanol–water partition coefficient (Wildman–Crippen LogP) is 3.33. The first kappa shape index (κ1) is 20.6. The lowest BCUT2D eigenvalue weighted by atomic mass is 9.84. The first-order chi connectivity index (χ1) is 14.1. The van der Waals surface area contributed by atoms with Crippen LogP contribution in [0.25, 0.3) is 0 Å². The second-order valence-electron chi connectivity index (χ2n) is 6.78. The lowest BCUT2D eigenvalue weighted by Crippen LogP contribution is -2.34. The standard InChI is InChI=1S/C23H25NO5/c1-16-22(23(26)28-13-12-27-2)19(14-21(25)24-16)18-10-6-7-11-20(18)29-15-17-8-4-3-5-9-17/h3-11,19H,12-15H2,1-2H3,(H,24,25)/t19-/m1/s1. The van der Waals surface area contributed by atoms with E-state index in [-0.39, 0.29) is 18.9 Å². The maximum Gasteiger partial charge on any atom is 0.336 e. The first-order valence-corrected chi connectivity index (χ1v) is 9.52. The van der Waals surface area contributed by atoms with E-state index < -0.39 is 11.9 Å². The first-order valence-electron chi connectivity index (χ1n) is 9.52. The summed E-state index contributed by atoms with van der Waals surface area (Å²) in [6.45, 7) is 2.57. The monoisotopic (exact) mass is 395 g/mol. The number of methoxy groups -OCH3 is 1. The van der Waals surface area contributed by atoms with Crippen molar-refractivity contribution >= 4 is 11.9 Å². The van der Waals surface area contributed by atoms with Crippen LogP contribution >= 0.6 is 0 Å². The van der Waals surface area contributed by atoms with Crippen LogP contribution in [0.3, 0.4) is 0 Å². The highest BCUT2D eigenvalue weighted by atomic mass is 16.6. The summed E-state index contributed by atoms with van der Waals surface area (Å²) in [4.78, 5) is 25.0. The topological polar surface area (TPSA) is 73.9 Å².